The van der Waals surface area contributed by atoms with Crippen molar-refractivity contribution in [1.82, 2.24) is 0 Å². The maximum atomic E-state index is 14.0. The van der Waals surface area contributed by atoms with Gasteiger partial charge in [-0.05, 0) is 84.3 Å². The van der Waals surface area contributed by atoms with Crippen LogP contribution >= 0.6 is 11.6 Å². The van der Waals surface area contributed by atoms with Crippen molar-refractivity contribution in [3.05, 3.63) is 111 Å². The average molecular weight is 568 g/mol. The van der Waals surface area contributed by atoms with Gasteiger partial charge in [0.15, 0.2) is 5.78 Å². The van der Waals surface area contributed by atoms with E-state index >= 15 is 0 Å². The maximum Gasteiger partial charge on any atom is 0.162 e. The van der Waals surface area contributed by atoms with Gasteiger partial charge in [-0.3, -0.25) is 9.69 Å². The zero-order valence-corrected chi connectivity index (χ0v) is 24.8. The monoisotopic (exact) mass is 567 g/mol. The number of anilines is 1. The molecule has 0 radical (unpaired) electrons. The van der Waals surface area contributed by atoms with E-state index in [-0.39, 0.29) is 11.2 Å². The van der Waals surface area contributed by atoms with E-state index in [9.17, 15) is 10.1 Å². The summed E-state index contributed by atoms with van der Waals surface area (Å²) in [6.45, 7) is 8.53. The third kappa shape index (κ3) is 5.30. The van der Waals surface area contributed by atoms with Crippen molar-refractivity contribution in [1.29, 1.82) is 5.26 Å². The zero-order valence-electron chi connectivity index (χ0n) is 24.0. The van der Waals surface area contributed by atoms with Crippen molar-refractivity contribution in [2.45, 2.75) is 53.1 Å². The number of nitrogens with two attached hydrogens (primary N) is 1. The molecule has 0 amide bonds. The van der Waals surface area contributed by atoms with Crippen LogP contribution in [0.4, 0.5) is 5.69 Å². The molecule has 0 saturated heterocycles. The third-order valence-electron chi connectivity index (χ3n) is 7.97. The van der Waals surface area contributed by atoms with Gasteiger partial charge in [0, 0.05) is 23.4 Å². The van der Waals surface area contributed by atoms with Gasteiger partial charge in [-0.15, -0.1) is 0 Å². The van der Waals surface area contributed by atoms with E-state index in [4.69, 9.17) is 26.8 Å². The molecule has 1 aliphatic carbocycles. The molecule has 5 rings (SSSR count). The third-order valence-corrected chi connectivity index (χ3v) is 8.28. The number of hydrogen-bond donors (Lipinski definition) is 1. The van der Waals surface area contributed by atoms with Crippen LogP contribution in [0.15, 0.2) is 83.3 Å². The van der Waals surface area contributed by atoms with Crippen LogP contribution in [0, 0.1) is 30.6 Å². The lowest BCUT2D eigenvalue weighted by Gasteiger charge is -2.44. The van der Waals surface area contributed by atoms with Crippen LogP contribution in [-0.2, 0) is 11.4 Å². The summed E-state index contributed by atoms with van der Waals surface area (Å²) in [5, 5.41) is 11.0. The molecule has 1 unspecified atom stereocenters. The molecule has 2 aliphatic rings. The number of para-hydroxylation sites is 1. The summed E-state index contributed by atoms with van der Waals surface area (Å²) in [6, 6.07) is 21.4. The summed E-state index contributed by atoms with van der Waals surface area (Å²) < 4.78 is 11.4. The van der Waals surface area contributed by atoms with Crippen molar-refractivity contribution in [3.63, 3.8) is 0 Å². The number of aryl methyl sites for hydroxylation is 2. The van der Waals surface area contributed by atoms with E-state index < -0.39 is 5.92 Å². The first-order chi connectivity index (χ1) is 19.5. The van der Waals surface area contributed by atoms with Gasteiger partial charge in [-0.25, -0.2) is 0 Å². The van der Waals surface area contributed by atoms with Gasteiger partial charge in [0.2, 0.25) is 0 Å². The second-order valence-electron chi connectivity index (χ2n) is 11.5. The number of ether oxygens (including phenoxy) is 2. The topological polar surface area (TPSA) is 88.6 Å². The molecule has 1 heterocycles. The fourth-order valence-corrected chi connectivity index (χ4v) is 6.14. The molecule has 1 atom stereocenters. The summed E-state index contributed by atoms with van der Waals surface area (Å²) in [5.41, 5.74) is 13.1. The van der Waals surface area contributed by atoms with Crippen LogP contribution in [0.3, 0.4) is 0 Å². The number of benzene rings is 3. The molecular weight excluding hydrogens is 534 g/mol. The number of hydrogen-bond acceptors (Lipinski definition) is 6. The molecule has 0 fully saturated rings. The van der Waals surface area contributed by atoms with Crippen molar-refractivity contribution < 1.29 is 14.3 Å². The SMILES string of the molecule is COc1ccc(N2C(N)=C(C#N)C(c3cc(COc4ccccc4Cl)c(C)cc3C)C3=C2CC(C)(C)CC3=O)cc1. The van der Waals surface area contributed by atoms with Gasteiger partial charge in [0.1, 0.15) is 23.9 Å². The Morgan fingerprint density at radius 1 is 1.07 bits per heavy atom. The van der Waals surface area contributed by atoms with E-state index in [0.29, 0.717) is 52.9 Å². The van der Waals surface area contributed by atoms with Gasteiger partial charge in [0.25, 0.3) is 0 Å². The van der Waals surface area contributed by atoms with Crippen LogP contribution in [-0.4, -0.2) is 12.9 Å². The Morgan fingerprint density at radius 2 is 1.78 bits per heavy atom. The summed E-state index contributed by atoms with van der Waals surface area (Å²) in [7, 11) is 1.61. The van der Waals surface area contributed by atoms with Crippen LogP contribution in [0.2, 0.25) is 5.02 Å². The minimum absolute atomic E-state index is 0.0360. The van der Waals surface area contributed by atoms with Crippen molar-refractivity contribution in [2.24, 2.45) is 11.1 Å². The van der Waals surface area contributed by atoms with E-state index in [2.05, 4.69) is 32.0 Å². The highest BCUT2D eigenvalue weighted by Gasteiger charge is 2.45. The largest absolute Gasteiger partial charge is 0.497 e. The molecule has 0 spiro atoms. The highest BCUT2D eigenvalue weighted by molar-refractivity contribution is 6.32. The Balaban J connectivity index is 1.66. The first-order valence-corrected chi connectivity index (χ1v) is 14.0. The number of ketones is 1. The molecule has 1 aliphatic heterocycles. The first kappa shape index (κ1) is 28.3. The van der Waals surface area contributed by atoms with Gasteiger partial charge in [0.05, 0.1) is 29.7 Å². The molecule has 41 heavy (non-hydrogen) atoms. The number of carbonyl (C=O) groups excluding carboxylic acids is 1. The molecule has 0 saturated carbocycles. The predicted octanol–water partition coefficient (Wildman–Crippen LogP) is 7.49. The fourth-order valence-electron chi connectivity index (χ4n) is 5.95. The molecule has 6 nitrogen and oxygen atoms in total. The van der Waals surface area contributed by atoms with Gasteiger partial charge in [-0.2, -0.15) is 5.26 Å². The molecule has 210 valence electrons. The molecule has 2 N–H and O–H groups in total. The highest BCUT2D eigenvalue weighted by Crippen LogP contribution is 2.51. The molecule has 0 bridgehead atoms. The van der Waals surface area contributed by atoms with Crippen molar-refractivity contribution in [2.75, 3.05) is 12.0 Å². The Labute approximate surface area is 246 Å². The Hall–Kier alpha value is -4.21. The lowest BCUT2D eigenvalue weighted by Crippen LogP contribution is -2.42. The van der Waals surface area contributed by atoms with Crippen molar-refractivity contribution >= 4 is 23.1 Å². The fraction of sp³-hybridized carbons (Fsp3) is 0.294. The van der Waals surface area contributed by atoms with Gasteiger partial charge >= 0.3 is 0 Å². The van der Waals surface area contributed by atoms with E-state index in [1.807, 2.05) is 61.2 Å². The maximum absolute atomic E-state index is 14.0. The second kappa shape index (κ2) is 11.0. The predicted molar refractivity (Wildman–Crippen MR) is 162 cm³/mol. The second-order valence-corrected chi connectivity index (χ2v) is 11.9. The minimum atomic E-state index is -0.576. The summed E-state index contributed by atoms with van der Waals surface area (Å²) in [5.74, 6) is 1.10. The molecular formula is C34H34ClN3O3. The first-order valence-electron chi connectivity index (χ1n) is 13.6. The molecule has 0 aromatic heterocycles. The zero-order chi connectivity index (χ0) is 29.5. The van der Waals surface area contributed by atoms with Crippen LogP contribution in [0.1, 0.15) is 54.9 Å². The molecule has 3 aromatic carbocycles. The number of Topliss-reactive ketones (excluding diaryl/α,β-unsaturated/α-hetero) is 1. The Kier molecular flexibility index (Phi) is 7.59. The number of halogens is 1. The smallest absolute Gasteiger partial charge is 0.162 e. The lowest BCUT2D eigenvalue weighted by molar-refractivity contribution is -0.118. The molecule has 7 heteroatoms. The Morgan fingerprint density at radius 3 is 2.44 bits per heavy atom. The minimum Gasteiger partial charge on any atom is -0.497 e. The van der Waals surface area contributed by atoms with Crippen LogP contribution in [0.25, 0.3) is 0 Å². The van der Waals surface area contributed by atoms with E-state index in [1.54, 1.807) is 13.2 Å². The van der Waals surface area contributed by atoms with E-state index in [0.717, 1.165) is 33.6 Å². The average Bonchev–Trinajstić information content (AvgIpc) is 2.92. The van der Waals surface area contributed by atoms with Gasteiger partial charge in [-0.1, -0.05) is 49.7 Å². The number of allylic oxidation sites excluding steroid dienone is 3. The summed E-state index contributed by atoms with van der Waals surface area (Å²) >= 11 is 6.32. The number of methoxy groups -OCH3 is 1. The van der Waals surface area contributed by atoms with Crippen LogP contribution in [0.5, 0.6) is 11.5 Å². The van der Waals surface area contributed by atoms with Gasteiger partial charge < -0.3 is 15.2 Å². The van der Waals surface area contributed by atoms with Crippen molar-refractivity contribution in [3.8, 4) is 17.6 Å². The van der Waals surface area contributed by atoms with E-state index in [1.165, 1.54) is 0 Å². The Bertz CT molecular complexity index is 1630. The quantitative estimate of drug-likeness (QED) is 0.332. The normalized spacial score (nSPS) is 18.2. The number of nitrogens with zero attached hydrogens (tertiary/aromatic N) is 2. The summed E-state index contributed by atoms with van der Waals surface area (Å²) in [4.78, 5) is 15.9. The number of nitriles is 1. The highest BCUT2D eigenvalue weighted by atomic mass is 35.5. The standard InChI is InChI=1S/C34H34ClN3O3/c1-20-14-21(2)25(15-22(20)19-41-30-9-7-6-8-27(30)35)31-26(18-36)33(37)38(23-10-12-24(40-5)13-11-23)28-16-34(3,4)17-29(39)32(28)31/h6-15,31H,16-17,19,37H2,1-5H3. The molecule has 3 aromatic rings. The van der Waals surface area contributed by atoms with Crippen LogP contribution < -0.4 is 20.1 Å². The lowest BCUT2D eigenvalue weighted by atomic mass is 9.68. The number of carbonyl (C=O) groups is 1. The summed E-state index contributed by atoms with van der Waals surface area (Å²) in [6.07, 6.45) is 1.04. The number of rotatable bonds is 6.